The quantitative estimate of drug-likeness (QED) is 0.796. The van der Waals surface area contributed by atoms with Crippen LogP contribution in [0, 0.1) is 0 Å². The zero-order valence-corrected chi connectivity index (χ0v) is 10.2. The Kier molecular flexibility index (Phi) is 3.50. The van der Waals surface area contributed by atoms with Crippen molar-refractivity contribution in [2.45, 2.75) is 25.2 Å². The second kappa shape index (κ2) is 5.08. The Morgan fingerprint density at radius 1 is 1.22 bits per heavy atom. The van der Waals surface area contributed by atoms with Gasteiger partial charge in [-0.2, -0.15) is 0 Å². The van der Waals surface area contributed by atoms with E-state index in [9.17, 15) is 9.59 Å². The number of carbonyl (C=O) groups is 2. The van der Waals surface area contributed by atoms with Gasteiger partial charge in [0.15, 0.2) is 0 Å². The van der Waals surface area contributed by atoms with Crippen LogP contribution in [-0.2, 0) is 14.9 Å². The van der Waals surface area contributed by atoms with E-state index in [1.165, 1.54) is 0 Å². The molecule has 2 N–H and O–H groups in total. The predicted octanol–water partition coefficient (Wildman–Crippen LogP) is 1.50. The van der Waals surface area contributed by atoms with Gasteiger partial charge in [-0.1, -0.05) is 30.3 Å². The number of hydrogen-bond donors (Lipinski definition) is 2. The maximum atomic E-state index is 12.1. The first-order chi connectivity index (χ1) is 8.69. The van der Waals surface area contributed by atoms with E-state index in [-0.39, 0.29) is 12.5 Å². The van der Waals surface area contributed by atoms with Crippen LogP contribution in [0.2, 0.25) is 0 Å². The van der Waals surface area contributed by atoms with E-state index in [0.717, 1.165) is 18.4 Å². The van der Waals surface area contributed by atoms with E-state index in [1.807, 2.05) is 30.3 Å². The van der Waals surface area contributed by atoms with E-state index >= 15 is 0 Å². The van der Waals surface area contributed by atoms with Gasteiger partial charge >= 0.3 is 6.09 Å². The molecule has 1 saturated carbocycles. The summed E-state index contributed by atoms with van der Waals surface area (Å²) in [4.78, 5) is 23.1. The second-order valence-corrected chi connectivity index (χ2v) is 4.25. The molecule has 2 amide bonds. The lowest BCUT2D eigenvalue weighted by atomic mass is 9.95. The SMILES string of the molecule is CCOC(=O)NNC(=O)C1(c2ccccc2)CC1. The number of rotatable bonds is 3. The lowest BCUT2D eigenvalue weighted by molar-refractivity contribution is -0.124. The van der Waals surface area contributed by atoms with Crippen molar-refractivity contribution in [3.05, 3.63) is 35.9 Å². The fraction of sp³-hybridized carbons (Fsp3) is 0.385. The molecule has 5 heteroatoms. The van der Waals surface area contributed by atoms with Crippen LogP contribution < -0.4 is 10.9 Å². The van der Waals surface area contributed by atoms with Gasteiger partial charge < -0.3 is 4.74 Å². The third-order valence-corrected chi connectivity index (χ3v) is 3.06. The van der Waals surface area contributed by atoms with Crippen LogP contribution in [0.25, 0.3) is 0 Å². The molecule has 0 spiro atoms. The summed E-state index contributed by atoms with van der Waals surface area (Å²) in [6.45, 7) is 1.97. The molecule has 0 radical (unpaired) electrons. The molecule has 1 aliphatic carbocycles. The number of hydrazine groups is 1. The lowest BCUT2D eigenvalue weighted by Crippen LogP contribution is -2.46. The second-order valence-electron chi connectivity index (χ2n) is 4.25. The largest absolute Gasteiger partial charge is 0.449 e. The fourth-order valence-electron chi connectivity index (χ4n) is 1.92. The minimum atomic E-state index is -0.644. The normalized spacial score (nSPS) is 15.6. The highest BCUT2D eigenvalue weighted by Gasteiger charge is 2.51. The number of amides is 2. The zero-order chi connectivity index (χ0) is 13.0. The number of nitrogens with one attached hydrogen (secondary N) is 2. The Labute approximate surface area is 105 Å². The molecule has 2 rings (SSSR count). The Morgan fingerprint density at radius 3 is 2.44 bits per heavy atom. The predicted molar refractivity (Wildman–Crippen MR) is 65.7 cm³/mol. The van der Waals surface area contributed by atoms with Crippen LogP contribution in [0.5, 0.6) is 0 Å². The Morgan fingerprint density at radius 2 is 1.89 bits per heavy atom. The minimum Gasteiger partial charge on any atom is -0.449 e. The molecule has 96 valence electrons. The molecule has 0 aromatic heterocycles. The van der Waals surface area contributed by atoms with Crippen LogP contribution in [0.4, 0.5) is 4.79 Å². The summed E-state index contributed by atoms with van der Waals surface area (Å²) in [6, 6.07) is 9.57. The van der Waals surface area contributed by atoms with E-state index in [1.54, 1.807) is 6.92 Å². The Hall–Kier alpha value is -2.04. The monoisotopic (exact) mass is 248 g/mol. The lowest BCUT2D eigenvalue weighted by Gasteiger charge is -2.15. The molecule has 18 heavy (non-hydrogen) atoms. The van der Waals surface area contributed by atoms with Gasteiger partial charge in [-0.15, -0.1) is 0 Å². The van der Waals surface area contributed by atoms with Crippen LogP contribution in [-0.4, -0.2) is 18.6 Å². The molecule has 1 aliphatic rings. The van der Waals surface area contributed by atoms with Gasteiger partial charge in [-0.05, 0) is 25.3 Å². The average molecular weight is 248 g/mol. The number of carbonyl (C=O) groups excluding carboxylic acids is 2. The van der Waals surface area contributed by atoms with Crippen molar-refractivity contribution in [2.24, 2.45) is 0 Å². The van der Waals surface area contributed by atoms with E-state index < -0.39 is 11.5 Å². The van der Waals surface area contributed by atoms with Gasteiger partial charge in [-0.25, -0.2) is 10.2 Å². The van der Waals surface area contributed by atoms with Crippen molar-refractivity contribution < 1.29 is 14.3 Å². The summed E-state index contributed by atoms with van der Waals surface area (Å²) in [5, 5.41) is 0. The van der Waals surface area contributed by atoms with Crippen molar-refractivity contribution in [3.63, 3.8) is 0 Å². The third-order valence-electron chi connectivity index (χ3n) is 3.06. The van der Waals surface area contributed by atoms with E-state index in [0.29, 0.717) is 0 Å². The first-order valence-electron chi connectivity index (χ1n) is 5.98. The van der Waals surface area contributed by atoms with Gasteiger partial charge in [0.1, 0.15) is 0 Å². The molecular weight excluding hydrogens is 232 g/mol. The van der Waals surface area contributed by atoms with Crippen LogP contribution in [0.15, 0.2) is 30.3 Å². The molecular formula is C13H16N2O3. The van der Waals surface area contributed by atoms with E-state index in [2.05, 4.69) is 15.6 Å². The van der Waals surface area contributed by atoms with Crippen molar-refractivity contribution in [3.8, 4) is 0 Å². The summed E-state index contributed by atoms with van der Waals surface area (Å²) in [5.41, 5.74) is 5.14. The average Bonchev–Trinajstić information content (AvgIpc) is 3.19. The molecule has 0 aliphatic heterocycles. The van der Waals surface area contributed by atoms with Gasteiger partial charge in [-0.3, -0.25) is 10.2 Å². The van der Waals surface area contributed by atoms with Crippen molar-refractivity contribution in [1.82, 2.24) is 10.9 Å². The van der Waals surface area contributed by atoms with Gasteiger partial charge in [0.25, 0.3) is 0 Å². The van der Waals surface area contributed by atoms with Crippen LogP contribution >= 0.6 is 0 Å². The number of ether oxygens (including phenoxy) is 1. The van der Waals surface area contributed by atoms with Crippen molar-refractivity contribution in [1.29, 1.82) is 0 Å². The van der Waals surface area contributed by atoms with E-state index in [4.69, 9.17) is 0 Å². The highest BCUT2D eigenvalue weighted by molar-refractivity contribution is 5.92. The Balaban J connectivity index is 1.95. The molecule has 0 heterocycles. The maximum absolute atomic E-state index is 12.1. The topological polar surface area (TPSA) is 67.4 Å². The molecule has 0 unspecified atom stereocenters. The van der Waals surface area contributed by atoms with Crippen LogP contribution in [0.3, 0.4) is 0 Å². The highest BCUT2D eigenvalue weighted by Crippen LogP contribution is 2.48. The molecule has 1 fully saturated rings. The summed E-state index contributed by atoms with van der Waals surface area (Å²) < 4.78 is 4.67. The molecule has 1 aromatic rings. The fourth-order valence-corrected chi connectivity index (χ4v) is 1.92. The maximum Gasteiger partial charge on any atom is 0.426 e. The van der Waals surface area contributed by atoms with Crippen molar-refractivity contribution >= 4 is 12.0 Å². The highest BCUT2D eigenvalue weighted by atomic mass is 16.5. The summed E-state index contributed by atoms with van der Waals surface area (Å²) in [6.07, 6.45) is 0.954. The zero-order valence-electron chi connectivity index (χ0n) is 10.2. The number of hydrogen-bond acceptors (Lipinski definition) is 3. The number of benzene rings is 1. The molecule has 1 aromatic carbocycles. The summed E-state index contributed by atoms with van der Waals surface area (Å²) in [5.74, 6) is -0.193. The van der Waals surface area contributed by atoms with Gasteiger partial charge in [0.05, 0.1) is 12.0 Å². The standard InChI is InChI=1S/C13H16N2O3/c1-2-18-12(17)15-14-11(16)13(8-9-13)10-6-4-3-5-7-10/h3-7H,2,8-9H2,1H3,(H,14,16)(H,15,17). The third kappa shape index (κ3) is 2.45. The minimum absolute atomic E-state index is 0.193. The molecule has 0 atom stereocenters. The summed E-state index contributed by atoms with van der Waals surface area (Å²) >= 11 is 0. The molecule has 5 nitrogen and oxygen atoms in total. The smallest absolute Gasteiger partial charge is 0.426 e. The first-order valence-corrected chi connectivity index (χ1v) is 5.98. The van der Waals surface area contributed by atoms with Crippen molar-refractivity contribution in [2.75, 3.05) is 6.61 Å². The Bertz CT molecular complexity index is 441. The van der Waals surface area contributed by atoms with Gasteiger partial charge in [0, 0.05) is 0 Å². The van der Waals surface area contributed by atoms with Crippen LogP contribution in [0.1, 0.15) is 25.3 Å². The molecule has 0 bridgehead atoms. The van der Waals surface area contributed by atoms with Gasteiger partial charge in [0.2, 0.25) is 5.91 Å². The molecule has 0 saturated heterocycles. The summed E-state index contributed by atoms with van der Waals surface area (Å²) in [7, 11) is 0. The first kappa shape index (κ1) is 12.4.